The van der Waals surface area contributed by atoms with Crippen LogP contribution in [0.5, 0.6) is 5.75 Å². The van der Waals surface area contributed by atoms with Gasteiger partial charge in [0.05, 0.1) is 25.3 Å². The van der Waals surface area contributed by atoms with Crippen molar-refractivity contribution >= 4 is 62.8 Å². The normalized spacial score (nSPS) is 31.6. The Bertz CT molecular complexity index is 1580. The van der Waals surface area contributed by atoms with E-state index in [9.17, 15) is 24.3 Å². The van der Waals surface area contributed by atoms with Gasteiger partial charge in [0.1, 0.15) is 40.7 Å². The SMILES string of the molecule is COc1cc2cc(c1Cl)N(C)C(=O)C[C@H](OC(=O)[C@H](C)N(C)C(=O)CCSSC)C1(C)OC1[C@@H](C)C1C[C@@](O)(NC(=O)O1)[C@H](OC)/C=C/C=C(/C)C2. The van der Waals surface area contributed by atoms with Gasteiger partial charge in [0, 0.05) is 45.7 Å². The number of fused-ring (bicyclic) bond motifs is 5. The number of hydrogen-bond donors (Lipinski definition) is 2. The van der Waals surface area contributed by atoms with E-state index in [-0.39, 0.29) is 30.2 Å². The molecule has 3 aliphatic heterocycles. The molecule has 4 rings (SSSR count). The summed E-state index contributed by atoms with van der Waals surface area (Å²) in [5.74, 6) is -0.916. The van der Waals surface area contributed by atoms with Crippen molar-refractivity contribution in [2.45, 2.75) is 95.2 Å². The van der Waals surface area contributed by atoms with Crippen LogP contribution in [0.2, 0.25) is 5.02 Å². The summed E-state index contributed by atoms with van der Waals surface area (Å²) in [6, 6.07) is 2.63. The first-order valence-electron chi connectivity index (χ1n) is 17.0. The predicted molar refractivity (Wildman–Crippen MR) is 202 cm³/mol. The Hall–Kier alpha value is -2.95. The van der Waals surface area contributed by atoms with Crippen molar-refractivity contribution in [3.63, 3.8) is 0 Å². The summed E-state index contributed by atoms with van der Waals surface area (Å²) in [5, 5.41) is 14.5. The van der Waals surface area contributed by atoms with Crippen LogP contribution in [0.15, 0.2) is 35.9 Å². The molecule has 0 radical (unpaired) electrons. The maximum absolute atomic E-state index is 14.1. The molecule has 0 aromatic heterocycles. The van der Waals surface area contributed by atoms with E-state index in [0.29, 0.717) is 23.6 Å². The molecule has 1 aromatic carbocycles. The smallest absolute Gasteiger partial charge is 0.409 e. The third kappa shape index (κ3) is 9.40. The van der Waals surface area contributed by atoms with Crippen LogP contribution in [0.1, 0.15) is 52.5 Å². The number of nitrogens with one attached hydrogen (secondary N) is 1. The van der Waals surface area contributed by atoms with Gasteiger partial charge in [-0.1, -0.05) is 63.9 Å². The number of likely N-dealkylation sites (N-methyl/N-ethyl adjacent to an activating group) is 1. The Labute approximate surface area is 318 Å². The number of hydrogen-bond acceptors (Lipinski definition) is 12. The number of ether oxygens (including phenoxy) is 5. The molecule has 2 N–H and O–H groups in total. The molecular weight excluding hydrogens is 734 g/mol. The number of anilines is 1. The molecule has 288 valence electrons. The van der Waals surface area contributed by atoms with Gasteiger partial charge in [-0.25, -0.2) is 9.59 Å². The molecule has 0 saturated carbocycles. The lowest BCUT2D eigenvalue weighted by Gasteiger charge is -2.42. The summed E-state index contributed by atoms with van der Waals surface area (Å²) >= 11 is 6.75. The van der Waals surface area contributed by atoms with E-state index in [1.807, 2.05) is 19.3 Å². The van der Waals surface area contributed by atoms with Gasteiger partial charge in [0.15, 0.2) is 5.72 Å². The highest BCUT2D eigenvalue weighted by Gasteiger charge is 2.64. The number of amides is 3. The molecule has 2 saturated heterocycles. The van der Waals surface area contributed by atoms with Crippen LogP contribution in [0.25, 0.3) is 0 Å². The minimum Gasteiger partial charge on any atom is -0.495 e. The monoisotopic (exact) mass is 783 g/mol. The van der Waals surface area contributed by atoms with E-state index in [1.54, 1.807) is 73.7 Å². The lowest BCUT2D eigenvalue weighted by molar-refractivity contribution is -0.161. The van der Waals surface area contributed by atoms with Crippen molar-refractivity contribution < 1.29 is 48.0 Å². The number of esters is 1. The average molecular weight is 784 g/mol. The maximum Gasteiger partial charge on any atom is 0.409 e. The topological polar surface area (TPSA) is 156 Å². The number of halogens is 1. The van der Waals surface area contributed by atoms with Crippen LogP contribution in [0, 0.1) is 5.92 Å². The first-order valence-corrected chi connectivity index (χ1v) is 20.1. The van der Waals surface area contributed by atoms with E-state index in [4.69, 9.17) is 35.3 Å². The zero-order chi connectivity index (χ0) is 38.5. The van der Waals surface area contributed by atoms with Crippen LogP contribution < -0.4 is 15.0 Å². The van der Waals surface area contributed by atoms with Gasteiger partial charge in [-0.3, -0.25) is 14.9 Å². The Kier molecular flexibility index (Phi) is 14.0. The van der Waals surface area contributed by atoms with Crippen molar-refractivity contribution in [3.05, 3.63) is 46.5 Å². The maximum atomic E-state index is 14.1. The van der Waals surface area contributed by atoms with E-state index in [2.05, 4.69) is 5.32 Å². The zero-order valence-corrected chi connectivity index (χ0v) is 33.5. The second kappa shape index (κ2) is 17.5. The van der Waals surface area contributed by atoms with Crippen LogP contribution >= 0.6 is 33.2 Å². The van der Waals surface area contributed by atoms with E-state index < -0.39 is 65.7 Å². The van der Waals surface area contributed by atoms with Gasteiger partial charge >= 0.3 is 12.1 Å². The fourth-order valence-electron chi connectivity index (χ4n) is 6.61. The first-order chi connectivity index (χ1) is 24.5. The predicted octanol–water partition coefficient (Wildman–Crippen LogP) is 4.92. The second-order valence-corrected chi connectivity index (χ2v) is 16.7. The Morgan fingerprint density at radius 1 is 1.27 bits per heavy atom. The fourth-order valence-corrected chi connectivity index (χ4v) is 8.09. The molecule has 3 amide bonds. The largest absolute Gasteiger partial charge is 0.495 e. The lowest BCUT2D eigenvalue weighted by atomic mass is 9.83. The van der Waals surface area contributed by atoms with Gasteiger partial charge in [0.2, 0.25) is 11.8 Å². The Morgan fingerprint density at radius 3 is 2.63 bits per heavy atom. The first kappa shape index (κ1) is 41.8. The number of carbonyl (C=O) groups excluding carboxylic acids is 4. The number of nitrogens with zero attached hydrogens (tertiary/aromatic N) is 2. The van der Waals surface area contributed by atoms with Gasteiger partial charge < -0.3 is 38.6 Å². The number of allylic oxidation sites excluding steroid dienone is 3. The molecule has 2 fully saturated rings. The molecule has 3 aliphatic rings. The number of alkyl carbamates (subject to hydrolysis) is 1. The molecule has 13 nitrogen and oxygen atoms in total. The Morgan fingerprint density at radius 2 is 1.98 bits per heavy atom. The van der Waals surface area contributed by atoms with Crippen molar-refractivity contribution in [2.75, 3.05) is 45.2 Å². The number of aliphatic hydroxyl groups is 1. The van der Waals surface area contributed by atoms with Crippen LogP contribution in [-0.4, -0.2) is 116 Å². The van der Waals surface area contributed by atoms with Crippen LogP contribution in [0.4, 0.5) is 10.5 Å². The number of methoxy groups -OCH3 is 2. The summed E-state index contributed by atoms with van der Waals surface area (Å²) in [5.41, 5.74) is -0.884. The number of carbonyl (C=O) groups is 4. The number of benzene rings is 1. The van der Waals surface area contributed by atoms with Gasteiger partial charge in [0.25, 0.3) is 0 Å². The molecule has 0 spiro atoms. The summed E-state index contributed by atoms with van der Waals surface area (Å²) in [7, 11) is 9.14. The van der Waals surface area contributed by atoms with Crippen molar-refractivity contribution in [1.82, 2.24) is 10.2 Å². The molecule has 1 aromatic rings. The molecule has 0 aliphatic carbocycles. The Balaban J connectivity index is 1.74. The minimum absolute atomic E-state index is 0.0452. The standard InChI is InChI=1S/C36H50ClN3O10S2/c1-20-11-10-12-27(47-8)36(45)19-26(48-34(44)38-36)21(2)32-35(4,50-32)28(49-33(43)22(3)39(5)29(41)13-14-52-51-9)18-30(42)40(6)24-16-23(15-20)17-25(46-7)31(24)37/h10-12,16-17,21-22,26-28,32,45H,13-15,18-19H2,1-9H3,(H,38,44)/b12-10+,20-11-/t21-,22-,26?,27+,28-,32?,35?,36-/m0/s1. The molecule has 3 unspecified atom stereocenters. The molecule has 4 bridgehead atoms. The highest BCUT2D eigenvalue weighted by Crippen LogP contribution is 2.49. The molecular formula is C36H50ClN3O10S2. The minimum atomic E-state index is -1.82. The van der Waals surface area contributed by atoms with Crippen molar-refractivity contribution in [2.24, 2.45) is 5.92 Å². The van der Waals surface area contributed by atoms with E-state index >= 15 is 0 Å². The average Bonchev–Trinajstić information content (AvgIpc) is 3.80. The number of rotatable bonds is 9. The molecule has 8 atom stereocenters. The second-order valence-electron chi connectivity index (χ2n) is 13.6. The van der Waals surface area contributed by atoms with Crippen LogP contribution in [0.3, 0.4) is 0 Å². The quantitative estimate of drug-likeness (QED) is 0.151. The summed E-state index contributed by atoms with van der Waals surface area (Å²) < 4.78 is 29.2. The van der Waals surface area contributed by atoms with Gasteiger partial charge in [-0.15, -0.1) is 0 Å². The van der Waals surface area contributed by atoms with Crippen LogP contribution in [-0.2, 0) is 39.8 Å². The van der Waals surface area contributed by atoms with Gasteiger partial charge in [-0.05, 0) is 51.1 Å². The molecule has 3 heterocycles. The van der Waals surface area contributed by atoms with E-state index in [1.165, 1.54) is 31.1 Å². The zero-order valence-electron chi connectivity index (χ0n) is 31.1. The van der Waals surface area contributed by atoms with Crippen molar-refractivity contribution in [1.29, 1.82) is 0 Å². The third-order valence-corrected chi connectivity index (χ3v) is 12.2. The highest BCUT2D eigenvalue weighted by atomic mass is 35.5. The van der Waals surface area contributed by atoms with Gasteiger partial charge in [-0.2, -0.15) is 0 Å². The molecule has 52 heavy (non-hydrogen) atoms. The van der Waals surface area contributed by atoms with Crippen molar-refractivity contribution in [3.8, 4) is 5.75 Å². The van der Waals surface area contributed by atoms with E-state index in [0.717, 1.165) is 11.1 Å². The number of epoxide rings is 1. The molecule has 16 heteroatoms. The summed E-state index contributed by atoms with van der Waals surface area (Å²) in [4.78, 5) is 56.2. The lowest BCUT2D eigenvalue weighted by Crippen LogP contribution is -2.63. The third-order valence-electron chi connectivity index (χ3n) is 10.0. The fraction of sp³-hybridized carbons (Fsp3) is 0.611. The summed E-state index contributed by atoms with van der Waals surface area (Å²) in [6.45, 7) is 7.02. The highest BCUT2D eigenvalue weighted by molar-refractivity contribution is 8.76. The summed E-state index contributed by atoms with van der Waals surface area (Å²) in [6.07, 6.45) is 3.17.